The average Bonchev–Trinajstić information content (AvgIpc) is 2.84. The van der Waals surface area contributed by atoms with Gasteiger partial charge in [-0.25, -0.2) is 0 Å². The topological polar surface area (TPSA) is 285 Å². The summed E-state index contributed by atoms with van der Waals surface area (Å²) in [5.74, 6) is 0. The molecule has 0 spiro atoms. The SMILES string of the molecule is NC[C@H](O)[C@@H](O)[C@H](O[C@H]1O[C@H](CO)[C@@H](O[C@H]2O[C@H](CO)[C@@H](O)[C@H](O)[C@H]2O)[C@H](O)[C@H]1O)[C@H](O)CO. The highest BCUT2D eigenvalue weighted by Crippen LogP contribution is 2.30. The lowest BCUT2D eigenvalue weighted by Gasteiger charge is -2.46. The van der Waals surface area contributed by atoms with E-state index in [0.29, 0.717) is 0 Å². The van der Waals surface area contributed by atoms with E-state index in [0.717, 1.165) is 0 Å². The smallest absolute Gasteiger partial charge is 0.187 e. The molecular weight excluding hydrogens is 470 g/mol. The maximum Gasteiger partial charge on any atom is 0.187 e. The molecule has 2 rings (SSSR count). The van der Waals surface area contributed by atoms with Gasteiger partial charge in [0.15, 0.2) is 12.6 Å². The predicted molar refractivity (Wildman–Crippen MR) is 105 cm³/mol. The number of hydrogen-bond acceptors (Lipinski definition) is 16. The Balaban J connectivity index is 2.17. The molecule has 202 valence electrons. The lowest BCUT2D eigenvalue weighted by Crippen LogP contribution is -2.65. The van der Waals surface area contributed by atoms with Crippen molar-refractivity contribution in [2.45, 2.75) is 85.8 Å². The van der Waals surface area contributed by atoms with Crippen molar-refractivity contribution in [3.05, 3.63) is 0 Å². The van der Waals surface area contributed by atoms with Crippen LogP contribution in [0.1, 0.15) is 0 Å². The summed E-state index contributed by atoms with van der Waals surface area (Å²) in [6, 6.07) is 0. The van der Waals surface area contributed by atoms with Gasteiger partial charge >= 0.3 is 0 Å². The third-order valence-corrected chi connectivity index (χ3v) is 5.79. The zero-order chi connectivity index (χ0) is 25.7. The Morgan fingerprint density at radius 1 is 0.706 bits per heavy atom. The lowest BCUT2D eigenvalue weighted by molar-refractivity contribution is -0.367. The lowest BCUT2D eigenvalue weighted by atomic mass is 9.96. The Morgan fingerprint density at radius 3 is 1.79 bits per heavy atom. The highest BCUT2D eigenvalue weighted by molar-refractivity contribution is 4.95. The van der Waals surface area contributed by atoms with Gasteiger partial charge in [0.25, 0.3) is 0 Å². The van der Waals surface area contributed by atoms with Gasteiger partial charge in [-0.3, -0.25) is 0 Å². The zero-order valence-corrected chi connectivity index (χ0v) is 18.0. The van der Waals surface area contributed by atoms with E-state index in [1.807, 2.05) is 0 Å². The van der Waals surface area contributed by atoms with E-state index in [1.54, 1.807) is 0 Å². The summed E-state index contributed by atoms with van der Waals surface area (Å²) >= 11 is 0. The van der Waals surface area contributed by atoms with Crippen molar-refractivity contribution >= 4 is 0 Å². The number of rotatable bonds is 11. The van der Waals surface area contributed by atoms with Gasteiger partial charge in [-0.05, 0) is 0 Å². The standard InChI is InChI=1S/C18H35NO15/c19-1-5(23)9(25)15(6(24)2-20)33-18-14(30)12(28)16(8(4-22)32-18)34-17-13(29)11(27)10(26)7(3-21)31-17/h5-18,20-30H,1-4,19H2/t5-,6+,7+,8+,9+,10+,11-,12+,13+,14+,15+,16+,17+,18+/m0/s1. The molecule has 13 N–H and O–H groups in total. The first-order valence-electron chi connectivity index (χ1n) is 10.6. The molecule has 16 nitrogen and oxygen atoms in total. The summed E-state index contributed by atoms with van der Waals surface area (Å²) in [5, 5.41) is 109. The van der Waals surface area contributed by atoms with E-state index >= 15 is 0 Å². The van der Waals surface area contributed by atoms with Crippen molar-refractivity contribution in [3.63, 3.8) is 0 Å². The molecule has 0 aromatic heterocycles. The van der Waals surface area contributed by atoms with Gasteiger partial charge in [0.05, 0.1) is 25.9 Å². The Hall–Kier alpha value is -0.640. The van der Waals surface area contributed by atoms with E-state index in [9.17, 15) is 56.2 Å². The number of aliphatic hydroxyl groups excluding tert-OH is 11. The van der Waals surface area contributed by atoms with Crippen LogP contribution in [0.15, 0.2) is 0 Å². The van der Waals surface area contributed by atoms with E-state index < -0.39 is 112 Å². The maximum absolute atomic E-state index is 10.6. The number of aliphatic hydroxyl groups is 11. The molecule has 34 heavy (non-hydrogen) atoms. The second kappa shape index (κ2) is 13.1. The Morgan fingerprint density at radius 2 is 1.26 bits per heavy atom. The summed E-state index contributed by atoms with van der Waals surface area (Å²) < 4.78 is 21.3. The van der Waals surface area contributed by atoms with Crippen LogP contribution in [0.3, 0.4) is 0 Å². The minimum absolute atomic E-state index is 0.440. The van der Waals surface area contributed by atoms with E-state index in [1.165, 1.54) is 0 Å². The first kappa shape index (κ1) is 29.6. The second-order valence-corrected chi connectivity index (χ2v) is 8.15. The molecule has 0 aromatic rings. The van der Waals surface area contributed by atoms with Crippen LogP contribution in [0, 0.1) is 0 Å². The van der Waals surface area contributed by atoms with Gasteiger partial charge in [0.1, 0.15) is 67.1 Å². The van der Waals surface area contributed by atoms with Gasteiger partial charge < -0.3 is 80.9 Å². The molecule has 0 saturated carbocycles. The molecular formula is C18H35NO15. The molecule has 0 unspecified atom stereocenters. The highest BCUT2D eigenvalue weighted by atomic mass is 16.7. The van der Waals surface area contributed by atoms with Crippen LogP contribution in [0.5, 0.6) is 0 Å². The fraction of sp³-hybridized carbons (Fsp3) is 1.00. The van der Waals surface area contributed by atoms with Crippen LogP contribution in [0.2, 0.25) is 0 Å². The average molecular weight is 505 g/mol. The molecule has 2 saturated heterocycles. The van der Waals surface area contributed by atoms with E-state index in [2.05, 4.69) is 0 Å². The molecule has 0 aliphatic carbocycles. The van der Waals surface area contributed by atoms with Crippen molar-refractivity contribution < 1.29 is 75.1 Å². The Labute approximate surface area is 193 Å². The van der Waals surface area contributed by atoms with Gasteiger partial charge in [-0.1, -0.05) is 0 Å². The number of ether oxygens (including phenoxy) is 4. The minimum atomic E-state index is -1.95. The molecule has 0 aromatic carbocycles. The van der Waals surface area contributed by atoms with E-state index in [4.69, 9.17) is 24.7 Å². The van der Waals surface area contributed by atoms with Crippen molar-refractivity contribution in [2.75, 3.05) is 26.4 Å². The van der Waals surface area contributed by atoms with Gasteiger partial charge in [-0.15, -0.1) is 0 Å². The summed E-state index contributed by atoms with van der Waals surface area (Å²) in [4.78, 5) is 0. The minimum Gasteiger partial charge on any atom is -0.394 e. The summed E-state index contributed by atoms with van der Waals surface area (Å²) in [6.45, 7) is -2.95. The van der Waals surface area contributed by atoms with Gasteiger partial charge in [0, 0.05) is 6.54 Å². The van der Waals surface area contributed by atoms with Crippen LogP contribution in [-0.2, 0) is 18.9 Å². The summed E-state index contributed by atoms with van der Waals surface area (Å²) in [6.07, 6.45) is -24.0. The van der Waals surface area contributed by atoms with Crippen LogP contribution >= 0.6 is 0 Å². The molecule has 14 atom stereocenters. The fourth-order valence-corrected chi connectivity index (χ4v) is 3.68. The zero-order valence-electron chi connectivity index (χ0n) is 18.0. The first-order valence-corrected chi connectivity index (χ1v) is 10.6. The van der Waals surface area contributed by atoms with Gasteiger partial charge in [0.2, 0.25) is 0 Å². The number of hydrogen-bond donors (Lipinski definition) is 12. The second-order valence-electron chi connectivity index (χ2n) is 8.15. The molecule has 0 bridgehead atoms. The number of nitrogens with two attached hydrogens (primary N) is 1. The van der Waals surface area contributed by atoms with Crippen LogP contribution in [-0.4, -0.2) is 168 Å². The van der Waals surface area contributed by atoms with Crippen LogP contribution in [0.25, 0.3) is 0 Å². The maximum atomic E-state index is 10.6. The quantitative estimate of drug-likeness (QED) is 0.124. The first-order chi connectivity index (χ1) is 16.0. The molecule has 2 fully saturated rings. The van der Waals surface area contributed by atoms with E-state index in [-0.39, 0.29) is 0 Å². The van der Waals surface area contributed by atoms with Crippen LogP contribution in [0.4, 0.5) is 0 Å². The van der Waals surface area contributed by atoms with Crippen molar-refractivity contribution in [1.82, 2.24) is 0 Å². The summed E-state index contributed by atoms with van der Waals surface area (Å²) in [7, 11) is 0. The normalized spacial score (nSPS) is 42.7. The Bertz CT molecular complexity index is 600. The van der Waals surface area contributed by atoms with Gasteiger partial charge in [-0.2, -0.15) is 0 Å². The van der Waals surface area contributed by atoms with Crippen LogP contribution < -0.4 is 5.73 Å². The van der Waals surface area contributed by atoms with Crippen molar-refractivity contribution in [3.8, 4) is 0 Å². The molecule has 16 heteroatoms. The Kier molecular flexibility index (Phi) is 11.4. The summed E-state index contributed by atoms with van der Waals surface area (Å²) in [5.41, 5.74) is 5.27. The molecule has 0 radical (unpaired) electrons. The molecule has 2 aliphatic heterocycles. The molecule has 2 aliphatic rings. The van der Waals surface area contributed by atoms with Crippen molar-refractivity contribution in [2.24, 2.45) is 5.73 Å². The third kappa shape index (κ3) is 6.37. The molecule has 0 amide bonds. The van der Waals surface area contributed by atoms with Crippen molar-refractivity contribution in [1.29, 1.82) is 0 Å². The highest BCUT2D eigenvalue weighted by Gasteiger charge is 2.51. The fourth-order valence-electron chi connectivity index (χ4n) is 3.68. The predicted octanol–water partition coefficient (Wildman–Crippen LogP) is -7.97. The largest absolute Gasteiger partial charge is 0.394 e. The molecule has 2 heterocycles. The monoisotopic (exact) mass is 505 g/mol. The third-order valence-electron chi connectivity index (χ3n) is 5.79.